The molecule has 0 fully saturated rings. The molecule has 1 N–H and O–H groups in total. The second kappa shape index (κ2) is 6.63. The van der Waals surface area contributed by atoms with Gasteiger partial charge in [0, 0.05) is 32.7 Å². The smallest absolute Gasteiger partial charge is 0.0170 e. The molecule has 0 aromatic heterocycles. The van der Waals surface area contributed by atoms with Gasteiger partial charge in [0.1, 0.15) is 0 Å². The van der Waals surface area contributed by atoms with Gasteiger partial charge in [0.25, 0.3) is 0 Å². The zero-order valence-corrected chi connectivity index (χ0v) is 8.08. The Morgan fingerprint density at radius 2 is 1.77 bits per heavy atom. The lowest BCUT2D eigenvalue weighted by Gasteiger charge is -2.09. The van der Waals surface area contributed by atoms with Gasteiger partial charge in [-0.05, 0) is 0 Å². The van der Waals surface area contributed by atoms with Gasteiger partial charge in [0.15, 0.2) is 0 Å². The Bertz CT molecular complexity index is 180. The minimum atomic E-state index is 1.02. The van der Waals surface area contributed by atoms with Crippen molar-refractivity contribution >= 4 is 0 Å². The summed E-state index contributed by atoms with van der Waals surface area (Å²) < 4.78 is 0. The molecule has 2 heteroatoms. The molecule has 0 aromatic rings. The van der Waals surface area contributed by atoms with E-state index in [1.54, 1.807) is 0 Å². The first-order valence-electron chi connectivity index (χ1n) is 4.77. The van der Waals surface area contributed by atoms with Gasteiger partial charge in [-0.3, -0.25) is 4.90 Å². The van der Waals surface area contributed by atoms with E-state index in [1.165, 1.54) is 0 Å². The van der Waals surface area contributed by atoms with Crippen LogP contribution in [0.5, 0.6) is 0 Å². The molecule has 0 amide bonds. The molecule has 0 aliphatic carbocycles. The third kappa shape index (κ3) is 4.65. The van der Waals surface area contributed by atoms with E-state index in [1.807, 2.05) is 6.08 Å². The summed E-state index contributed by atoms with van der Waals surface area (Å²) in [5.41, 5.74) is 0. The van der Waals surface area contributed by atoms with Crippen LogP contribution in [0.25, 0.3) is 0 Å². The molecule has 0 bridgehead atoms. The summed E-state index contributed by atoms with van der Waals surface area (Å²) in [6.07, 6.45) is 10.6. The molecule has 0 aromatic carbocycles. The first-order valence-corrected chi connectivity index (χ1v) is 4.77. The van der Waals surface area contributed by atoms with Gasteiger partial charge in [0.05, 0.1) is 0 Å². The maximum atomic E-state index is 3.65. The fourth-order valence-electron chi connectivity index (χ4n) is 1.27. The Morgan fingerprint density at radius 3 is 2.15 bits per heavy atom. The molecule has 2 heterocycles. The number of rotatable bonds is 2. The van der Waals surface area contributed by atoms with Crippen molar-refractivity contribution in [1.29, 1.82) is 0 Å². The molecule has 0 radical (unpaired) electrons. The number of nitrogens with zero attached hydrogens (tertiary/aromatic N) is 1. The van der Waals surface area contributed by atoms with Crippen LogP contribution in [0.4, 0.5) is 0 Å². The second-order valence-corrected chi connectivity index (χ2v) is 3.11. The molecule has 0 saturated carbocycles. The van der Waals surface area contributed by atoms with E-state index in [0.29, 0.717) is 0 Å². The second-order valence-electron chi connectivity index (χ2n) is 3.11. The molecule has 2 nitrogen and oxygen atoms in total. The van der Waals surface area contributed by atoms with Crippen LogP contribution in [-0.4, -0.2) is 37.6 Å². The average Bonchev–Trinajstić information content (AvgIpc) is 2.79. The van der Waals surface area contributed by atoms with E-state index in [2.05, 4.69) is 41.1 Å². The first kappa shape index (κ1) is 10.2. The maximum absolute atomic E-state index is 3.65. The van der Waals surface area contributed by atoms with Crippen molar-refractivity contribution in [2.24, 2.45) is 0 Å². The monoisotopic (exact) mass is 178 g/mol. The summed E-state index contributed by atoms with van der Waals surface area (Å²) in [5, 5.41) is 3.11. The molecule has 0 atom stereocenters. The largest absolute Gasteiger partial charge is 0.310 e. The van der Waals surface area contributed by atoms with Gasteiger partial charge in [-0.2, -0.15) is 0 Å². The summed E-state index contributed by atoms with van der Waals surface area (Å²) in [6, 6.07) is 0. The third-order valence-electron chi connectivity index (χ3n) is 1.97. The average molecular weight is 178 g/mol. The predicted molar refractivity (Wildman–Crippen MR) is 57.8 cm³/mol. The fourth-order valence-corrected chi connectivity index (χ4v) is 1.27. The molecule has 0 saturated heterocycles. The number of hydrogen-bond acceptors (Lipinski definition) is 2. The zero-order chi connectivity index (χ0) is 9.36. The minimum Gasteiger partial charge on any atom is -0.310 e. The molecular weight excluding hydrogens is 160 g/mol. The van der Waals surface area contributed by atoms with Crippen molar-refractivity contribution in [2.45, 2.75) is 0 Å². The van der Waals surface area contributed by atoms with E-state index in [4.69, 9.17) is 0 Å². The van der Waals surface area contributed by atoms with Crippen LogP contribution >= 0.6 is 0 Å². The van der Waals surface area contributed by atoms with E-state index in [0.717, 1.165) is 32.7 Å². The maximum Gasteiger partial charge on any atom is 0.0170 e. The van der Waals surface area contributed by atoms with E-state index < -0.39 is 0 Å². The molecule has 72 valence electrons. The van der Waals surface area contributed by atoms with Crippen molar-refractivity contribution < 1.29 is 0 Å². The Labute approximate surface area is 80.6 Å². The van der Waals surface area contributed by atoms with Gasteiger partial charge >= 0.3 is 0 Å². The summed E-state index contributed by atoms with van der Waals surface area (Å²) in [4.78, 5) is 2.31. The molecule has 0 unspecified atom stereocenters. The van der Waals surface area contributed by atoms with Gasteiger partial charge in [-0.15, -0.1) is 6.58 Å². The molecule has 13 heavy (non-hydrogen) atoms. The van der Waals surface area contributed by atoms with Crippen molar-refractivity contribution in [1.82, 2.24) is 10.2 Å². The van der Waals surface area contributed by atoms with Crippen LogP contribution in [0.1, 0.15) is 0 Å². The van der Waals surface area contributed by atoms with Crippen LogP contribution in [0.2, 0.25) is 0 Å². The highest BCUT2D eigenvalue weighted by molar-refractivity contribution is 4.96. The van der Waals surface area contributed by atoms with Crippen LogP contribution in [0.15, 0.2) is 37.0 Å². The van der Waals surface area contributed by atoms with E-state index >= 15 is 0 Å². The Hall–Kier alpha value is -0.860. The normalized spacial score (nSPS) is 20.0. The van der Waals surface area contributed by atoms with Crippen LogP contribution in [0, 0.1) is 0 Å². The molecule has 2 aliphatic rings. The summed E-state index contributed by atoms with van der Waals surface area (Å²) >= 11 is 0. The van der Waals surface area contributed by atoms with Gasteiger partial charge in [0.2, 0.25) is 0 Å². The van der Waals surface area contributed by atoms with Gasteiger partial charge in [-0.25, -0.2) is 0 Å². The molecule has 2 aliphatic heterocycles. The Morgan fingerprint density at radius 1 is 1.15 bits per heavy atom. The third-order valence-corrected chi connectivity index (χ3v) is 1.97. The van der Waals surface area contributed by atoms with E-state index in [9.17, 15) is 0 Å². The fraction of sp³-hybridized carbons (Fsp3) is 0.455. The highest BCUT2D eigenvalue weighted by atomic mass is 15.1. The lowest BCUT2D eigenvalue weighted by Crippen LogP contribution is -2.19. The Balaban J connectivity index is 0.000000145. The topological polar surface area (TPSA) is 15.3 Å². The first-order chi connectivity index (χ1) is 6.43. The number of hydrogen-bond donors (Lipinski definition) is 1. The highest BCUT2D eigenvalue weighted by Crippen LogP contribution is 1.96. The van der Waals surface area contributed by atoms with Crippen LogP contribution in [0.3, 0.4) is 0 Å². The Kier molecular flexibility index (Phi) is 5.22. The van der Waals surface area contributed by atoms with Crippen LogP contribution in [-0.2, 0) is 0 Å². The predicted octanol–water partition coefficient (Wildman–Crippen LogP) is 1.19. The lowest BCUT2D eigenvalue weighted by atomic mass is 10.5. The summed E-state index contributed by atoms with van der Waals surface area (Å²) in [6.45, 7) is 9.02. The van der Waals surface area contributed by atoms with Crippen molar-refractivity contribution in [2.75, 3.05) is 32.7 Å². The van der Waals surface area contributed by atoms with E-state index in [-0.39, 0.29) is 0 Å². The molecule has 2 rings (SSSR count). The van der Waals surface area contributed by atoms with Gasteiger partial charge < -0.3 is 5.32 Å². The van der Waals surface area contributed by atoms with Crippen molar-refractivity contribution in [3.8, 4) is 0 Å². The van der Waals surface area contributed by atoms with Gasteiger partial charge in [-0.1, -0.05) is 30.4 Å². The SMILES string of the molecule is C1=CCNC1.C=CCN1CC=CC1. The summed E-state index contributed by atoms with van der Waals surface area (Å²) in [5.74, 6) is 0. The van der Waals surface area contributed by atoms with Crippen molar-refractivity contribution in [3.63, 3.8) is 0 Å². The molecular formula is C11H18N2. The quantitative estimate of drug-likeness (QED) is 0.639. The van der Waals surface area contributed by atoms with Crippen molar-refractivity contribution in [3.05, 3.63) is 37.0 Å². The number of nitrogens with one attached hydrogen (secondary N) is 1. The summed E-state index contributed by atoms with van der Waals surface area (Å²) in [7, 11) is 0. The lowest BCUT2D eigenvalue weighted by molar-refractivity contribution is 0.393. The highest BCUT2D eigenvalue weighted by Gasteiger charge is 2.00. The minimum absolute atomic E-state index is 1.02. The standard InChI is InChI=1S/C7H11N.C4H7N/c1-2-5-8-6-3-4-7-8;1-2-4-5-3-1/h2-4H,1,5-7H2;1-2,5H,3-4H2. The molecule has 0 spiro atoms. The van der Waals surface area contributed by atoms with Crippen LogP contribution < -0.4 is 5.32 Å². The zero-order valence-electron chi connectivity index (χ0n) is 8.08.